The van der Waals surface area contributed by atoms with E-state index in [2.05, 4.69) is 10.5 Å². The summed E-state index contributed by atoms with van der Waals surface area (Å²) in [4.78, 5) is 11.8. The molecule has 1 atom stereocenters. The molecule has 94 valence electrons. The van der Waals surface area contributed by atoms with Gasteiger partial charge in [0.1, 0.15) is 5.76 Å². The summed E-state index contributed by atoms with van der Waals surface area (Å²) >= 11 is 0. The summed E-state index contributed by atoms with van der Waals surface area (Å²) in [6.45, 7) is 5.10. The van der Waals surface area contributed by atoms with E-state index < -0.39 is 0 Å². The van der Waals surface area contributed by atoms with Gasteiger partial charge in [-0.25, -0.2) is 0 Å². The third kappa shape index (κ3) is 3.06. The molecule has 0 radical (unpaired) electrons. The monoisotopic (exact) mass is 238 g/mol. The molecular weight excluding hydrogens is 220 g/mol. The first kappa shape index (κ1) is 12.1. The number of nitrogens with one attached hydrogen (secondary N) is 1. The second-order valence-electron chi connectivity index (χ2n) is 4.46. The Bertz CT molecular complexity index is 375. The lowest BCUT2D eigenvalue weighted by molar-refractivity contribution is -0.122. The number of ether oxygens (including phenoxy) is 1. The summed E-state index contributed by atoms with van der Waals surface area (Å²) in [6.07, 6.45) is 2.33. The van der Waals surface area contributed by atoms with Gasteiger partial charge in [0.2, 0.25) is 5.91 Å². The lowest BCUT2D eigenvalue weighted by Gasteiger charge is -2.23. The van der Waals surface area contributed by atoms with Crippen LogP contribution in [0.15, 0.2) is 4.52 Å². The Hall–Kier alpha value is -1.36. The van der Waals surface area contributed by atoms with Crippen LogP contribution in [-0.2, 0) is 16.0 Å². The summed E-state index contributed by atoms with van der Waals surface area (Å²) in [5, 5.41) is 6.81. The first-order valence-corrected chi connectivity index (χ1v) is 5.95. The van der Waals surface area contributed by atoms with Gasteiger partial charge in [0.25, 0.3) is 0 Å². The lowest BCUT2D eigenvalue weighted by Crippen LogP contribution is -2.41. The first-order chi connectivity index (χ1) is 8.16. The largest absolute Gasteiger partial charge is 0.379 e. The number of aryl methyl sites for hydroxylation is 2. The fourth-order valence-corrected chi connectivity index (χ4v) is 2.05. The number of carbonyl (C=O) groups excluding carboxylic acids is 1. The van der Waals surface area contributed by atoms with Gasteiger partial charge in [-0.2, -0.15) is 0 Å². The second kappa shape index (κ2) is 5.31. The molecule has 5 heteroatoms. The standard InChI is InChI=1S/C12H18N2O3/c1-8-11(9(2)17-14-8)6-12(15)13-10-4-3-5-16-7-10/h10H,3-7H2,1-2H3,(H,13,15)/t10-/m1/s1. The van der Waals surface area contributed by atoms with Crippen molar-refractivity contribution >= 4 is 5.91 Å². The fraction of sp³-hybridized carbons (Fsp3) is 0.667. The molecule has 1 aromatic rings. The van der Waals surface area contributed by atoms with E-state index in [1.54, 1.807) is 0 Å². The van der Waals surface area contributed by atoms with Gasteiger partial charge in [-0.3, -0.25) is 4.79 Å². The summed E-state index contributed by atoms with van der Waals surface area (Å²) in [5.74, 6) is 0.729. The third-order valence-electron chi connectivity index (χ3n) is 3.04. The number of nitrogens with zero attached hydrogens (tertiary/aromatic N) is 1. The SMILES string of the molecule is Cc1noc(C)c1CC(=O)N[C@@H]1CCCOC1. The molecule has 1 N–H and O–H groups in total. The Kier molecular flexibility index (Phi) is 3.78. The minimum absolute atomic E-state index is 0.00917. The van der Waals surface area contributed by atoms with E-state index in [4.69, 9.17) is 9.26 Å². The van der Waals surface area contributed by atoms with Crippen molar-refractivity contribution in [3.8, 4) is 0 Å². The number of hydrogen-bond donors (Lipinski definition) is 1. The Morgan fingerprint density at radius 3 is 2.94 bits per heavy atom. The number of hydrogen-bond acceptors (Lipinski definition) is 4. The predicted molar refractivity (Wildman–Crippen MR) is 61.7 cm³/mol. The first-order valence-electron chi connectivity index (χ1n) is 5.95. The highest BCUT2D eigenvalue weighted by Crippen LogP contribution is 2.13. The van der Waals surface area contributed by atoms with Crippen LogP contribution >= 0.6 is 0 Å². The van der Waals surface area contributed by atoms with Crippen LogP contribution < -0.4 is 5.32 Å². The molecule has 1 saturated heterocycles. The Morgan fingerprint density at radius 1 is 1.53 bits per heavy atom. The average molecular weight is 238 g/mol. The molecule has 0 saturated carbocycles. The van der Waals surface area contributed by atoms with Crippen LogP contribution in [0, 0.1) is 13.8 Å². The van der Waals surface area contributed by atoms with E-state index in [1.807, 2.05) is 13.8 Å². The molecule has 1 aliphatic rings. The molecule has 0 aromatic carbocycles. The molecule has 0 aliphatic carbocycles. The van der Waals surface area contributed by atoms with E-state index in [-0.39, 0.29) is 11.9 Å². The highest BCUT2D eigenvalue weighted by atomic mass is 16.5. The molecule has 2 rings (SSSR count). The van der Waals surface area contributed by atoms with Gasteiger partial charge >= 0.3 is 0 Å². The van der Waals surface area contributed by atoms with Crippen LogP contribution in [-0.4, -0.2) is 30.3 Å². The van der Waals surface area contributed by atoms with Gasteiger partial charge in [0.15, 0.2) is 0 Å². The lowest BCUT2D eigenvalue weighted by atomic mass is 10.1. The Labute approximate surface area is 101 Å². The zero-order valence-electron chi connectivity index (χ0n) is 10.3. The maximum absolute atomic E-state index is 11.8. The molecule has 1 aromatic heterocycles. The van der Waals surface area contributed by atoms with Gasteiger partial charge in [0, 0.05) is 12.2 Å². The number of aromatic nitrogens is 1. The van der Waals surface area contributed by atoms with E-state index >= 15 is 0 Å². The fourth-order valence-electron chi connectivity index (χ4n) is 2.05. The molecule has 17 heavy (non-hydrogen) atoms. The van der Waals surface area contributed by atoms with Crippen LogP contribution in [0.5, 0.6) is 0 Å². The van der Waals surface area contributed by atoms with Crippen molar-refractivity contribution in [1.82, 2.24) is 10.5 Å². The highest BCUT2D eigenvalue weighted by Gasteiger charge is 2.18. The Morgan fingerprint density at radius 2 is 2.35 bits per heavy atom. The van der Waals surface area contributed by atoms with Crippen molar-refractivity contribution in [2.24, 2.45) is 0 Å². The topological polar surface area (TPSA) is 64.4 Å². The number of amides is 1. The quantitative estimate of drug-likeness (QED) is 0.857. The minimum atomic E-state index is 0.00917. The summed E-state index contributed by atoms with van der Waals surface area (Å²) in [6, 6.07) is 0.150. The summed E-state index contributed by atoms with van der Waals surface area (Å²) < 4.78 is 10.4. The zero-order chi connectivity index (χ0) is 12.3. The van der Waals surface area contributed by atoms with Crippen LogP contribution in [0.2, 0.25) is 0 Å². The van der Waals surface area contributed by atoms with Crippen LogP contribution in [0.4, 0.5) is 0 Å². The van der Waals surface area contributed by atoms with E-state index in [0.29, 0.717) is 13.0 Å². The second-order valence-corrected chi connectivity index (χ2v) is 4.46. The van der Waals surface area contributed by atoms with Gasteiger partial charge in [-0.05, 0) is 26.7 Å². The summed E-state index contributed by atoms with van der Waals surface area (Å²) in [5.41, 5.74) is 1.68. The van der Waals surface area contributed by atoms with Gasteiger partial charge < -0.3 is 14.6 Å². The maximum Gasteiger partial charge on any atom is 0.224 e. The molecule has 0 bridgehead atoms. The van der Waals surface area contributed by atoms with Gasteiger partial charge in [-0.1, -0.05) is 5.16 Å². The molecule has 1 fully saturated rings. The van der Waals surface area contributed by atoms with Gasteiger partial charge in [0.05, 0.1) is 24.8 Å². The third-order valence-corrected chi connectivity index (χ3v) is 3.04. The predicted octanol–water partition coefficient (Wildman–Crippen LogP) is 1.13. The molecular formula is C12H18N2O3. The molecule has 5 nitrogen and oxygen atoms in total. The van der Waals surface area contributed by atoms with Crippen molar-refractivity contribution in [3.05, 3.63) is 17.0 Å². The normalized spacial score (nSPS) is 20.2. The zero-order valence-corrected chi connectivity index (χ0v) is 10.3. The highest BCUT2D eigenvalue weighted by molar-refractivity contribution is 5.79. The number of carbonyl (C=O) groups is 1. The molecule has 1 aliphatic heterocycles. The van der Waals surface area contributed by atoms with E-state index in [0.717, 1.165) is 36.5 Å². The van der Waals surface area contributed by atoms with Crippen molar-refractivity contribution in [3.63, 3.8) is 0 Å². The minimum Gasteiger partial charge on any atom is -0.379 e. The molecule has 2 heterocycles. The van der Waals surface area contributed by atoms with Crippen molar-refractivity contribution in [2.45, 2.75) is 39.2 Å². The van der Waals surface area contributed by atoms with Crippen LogP contribution in [0.3, 0.4) is 0 Å². The van der Waals surface area contributed by atoms with E-state index in [9.17, 15) is 4.79 Å². The molecule has 0 unspecified atom stereocenters. The maximum atomic E-state index is 11.8. The van der Waals surface area contributed by atoms with Crippen molar-refractivity contribution in [2.75, 3.05) is 13.2 Å². The van der Waals surface area contributed by atoms with Crippen molar-refractivity contribution in [1.29, 1.82) is 0 Å². The molecule has 1 amide bonds. The van der Waals surface area contributed by atoms with Gasteiger partial charge in [-0.15, -0.1) is 0 Å². The number of rotatable bonds is 3. The summed E-state index contributed by atoms with van der Waals surface area (Å²) in [7, 11) is 0. The van der Waals surface area contributed by atoms with Crippen LogP contribution in [0.25, 0.3) is 0 Å². The smallest absolute Gasteiger partial charge is 0.224 e. The van der Waals surface area contributed by atoms with E-state index in [1.165, 1.54) is 0 Å². The Balaban J connectivity index is 1.88. The average Bonchev–Trinajstić information content (AvgIpc) is 2.62. The van der Waals surface area contributed by atoms with Crippen molar-refractivity contribution < 1.29 is 14.1 Å². The van der Waals surface area contributed by atoms with Crippen LogP contribution in [0.1, 0.15) is 29.9 Å². The molecule has 0 spiro atoms.